The first-order valence-electron chi connectivity index (χ1n) is 6.82. The van der Waals surface area contributed by atoms with Crippen molar-refractivity contribution in [3.63, 3.8) is 0 Å². The number of carboxylic acid groups (broad SMARTS) is 1. The van der Waals surface area contributed by atoms with Gasteiger partial charge >= 0.3 is 5.97 Å². The van der Waals surface area contributed by atoms with Gasteiger partial charge in [-0.05, 0) is 26.3 Å². The molecule has 5 nitrogen and oxygen atoms in total. The first-order valence-corrected chi connectivity index (χ1v) is 6.82. The number of carbonyl (C=O) groups excluding carboxylic acids is 1. The predicted octanol–water partition coefficient (Wildman–Crippen LogP) is 1.96. The van der Waals surface area contributed by atoms with E-state index >= 15 is 0 Å². The highest BCUT2D eigenvalue weighted by molar-refractivity contribution is 5.89. The third-order valence-electron chi connectivity index (χ3n) is 3.66. The van der Waals surface area contributed by atoms with Crippen molar-refractivity contribution in [2.75, 3.05) is 13.7 Å². The highest BCUT2D eigenvalue weighted by Gasteiger charge is 2.37. The molecule has 1 amide bonds. The summed E-state index contributed by atoms with van der Waals surface area (Å²) in [7, 11) is 1.57. The molecule has 0 aliphatic heterocycles. The molecule has 0 bridgehead atoms. The Labute approximate surface area is 125 Å². The molecular weight excluding hydrogens is 270 g/mol. The van der Waals surface area contributed by atoms with Gasteiger partial charge in [-0.3, -0.25) is 9.59 Å². The van der Waals surface area contributed by atoms with Gasteiger partial charge in [0.1, 0.15) is 0 Å². The quantitative estimate of drug-likeness (QED) is 0.806. The summed E-state index contributed by atoms with van der Waals surface area (Å²) in [5.74, 6) is -1.33. The summed E-state index contributed by atoms with van der Waals surface area (Å²) in [4.78, 5) is 23.7. The van der Waals surface area contributed by atoms with Gasteiger partial charge in [0.15, 0.2) is 0 Å². The van der Waals surface area contributed by atoms with E-state index in [1.165, 1.54) is 0 Å². The van der Waals surface area contributed by atoms with E-state index in [0.29, 0.717) is 12.1 Å². The highest BCUT2D eigenvalue weighted by Crippen LogP contribution is 2.28. The number of rotatable bonds is 7. The Bertz CT molecular complexity index is 498. The lowest BCUT2D eigenvalue weighted by Gasteiger charge is -2.27. The number of amides is 1. The summed E-state index contributed by atoms with van der Waals surface area (Å²) in [6, 6.07) is 8.79. The number of benzene rings is 1. The van der Waals surface area contributed by atoms with Crippen LogP contribution in [0.15, 0.2) is 30.3 Å². The summed E-state index contributed by atoms with van der Waals surface area (Å²) < 4.78 is 5.22. The molecule has 0 saturated carbocycles. The molecule has 1 atom stereocenters. The molecule has 0 radical (unpaired) electrons. The molecule has 1 rings (SSSR count). The summed E-state index contributed by atoms with van der Waals surface area (Å²) in [6.07, 6.45) is -0.119. The Morgan fingerprint density at radius 1 is 1.19 bits per heavy atom. The highest BCUT2D eigenvalue weighted by atomic mass is 16.5. The number of ether oxygens (including phenoxy) is 1. The maximum atomic E-state index is 12.1. The normalized spacial score (nSPS) is 14.3. The molecule has 0 heterocycles. The fraction of sp³-hybridized carbons (Fsp3) is 0.500. The van der Waals surface area contributed by atoms with E-state index in [4.69, 9.17) is 4.74 Å². The molecule has 0 spiro atoms. The maximum absolute atomic E-state index is 12.1. The van der Waals surface area contributed by atoms with Gasteiger partial charge in [0, 0.05) is 20.1 Å². The molecule has 0 saturated heterocycles. The van der Waals surface area contributed by atoms with Crippen LogP contribution in [0, 0.1) is 0 Å². The van der Waals surface area contributed by atoms with Crippen LogP contribution in [-0.2, 0) is 19.7 Å². The van der Waals surface area contributed by atoms with Gasteiger partial charge in [-0.15, -0.1) is 0 Å². The zero-order valence-electron chi connectivity index (χ0n) is 13.0. The Kier molecular flexibility index (Phi) is 5.49. The molecule has 2 N–H and O–H groups in total. The van der Waals surface area contributed by atoms with Gasteiger partial charge in [-0.25, -0.2) is 0 Å². The van der Waals surface area contributed by atoms with Crippen molar-refractivity contribution in [3.8, 4) is 0 Å². The van der Waals surface area contributed by atoms with Gasteiger partial charge in [-0.1, -0.05) is 30.3 Å². The number of carboxylic acids is 1. The zero-order valence-corrected chi connectivity index (χ0v) is 13.0. The number of hydrogen-bond acceptors (Lipinski definition) is 3. The van der Waals surface area contributed by atoms with E-state index in [1.54, 1.807) is 38.3 Å². The number of hydrogen-bond donors (Lipinski definition) is 2. The van der Waals surface area contributed by atoms with E-state index in [2.05, 4.69) is 5.32 Å². The Morgan fingerprint density at radius 3 is 2.24 bits per heavy atom. The van der Waals surface area contributed by atoms with Crippen LogP contribution < -0.4 is 5.32 Å². The first kappa shape index (κ1) is 17.2. The van der Waals surface area contributed by atoms with Crippen LogP contribution in [0.1, 0.15) is 32.8 Å². The SMILES string of the molecule is COC(C)(C)CNC(=O)CC(C)(C(=O)O)c1ccccc1. The molecule has 1 unspecified atom stereocenters. The third-order valence-corrected chi connectivity index (χ3v) is 3.66. The monoisotopic (exact) mass is 293 g/mol. The number of carbonyl (C=O) groups is 2. The first-order chi connectivity index (χ1) is 9.71. The van der Waals surface area contributed by atoms with Crippen molar-refractivity contribution >= 4 is 11.9 Å². The number of aliphatic carboxylic acids is 1. The van der Waals surface area contributed by atoms with Crippen LogP contribution in [0.25, 0.3) is 0 Å². The minimum Gasteiger partial charge on any atom is -0.481 e. The van der Waals surface area contributed by atoms with Crippen molar-refractivity contribution in [2.45, 2.75) is 38.2 Å². The van der Waals surface area contributed by atoms with E-state index in [-0.39, 0.29) is 12.3 Å². The van der Waals surface area contributed by atoms with Gasteiger partial charge in [0.25, 0.3) is 0 Å². The fourth-order valence-electron chi connectivity index (χ4n) is 1.87. The average molecular weight is 293 g/mol. The second-order valence-corrected chi connectivity index (χ2v) is 5.92. The standard InChI is InChI=1S/C16H23NO4/c1-15(2,21-4)11-17-13(18)10-16(3,14(19)20)12-8-6-5-7-9-12/h5-9H,10-11H2,1-4H3,(H,17,18)(H,19,20). The molecule has 0 aromatic heterocycles. The van der Waals surface area contributed by atoms with Crippen molar-refractivity contribution < 1.29 is 19.4 Å². The molecule has 5 heteroatoms. The van der Waals surface area contributed by atoms with Crippen LogP contribution >= 0.6 is 0 Å². The van der Waals surface area contributed by atoms with Crippen molar-refractivity contribution in [1.82, 2.24) is 5.32 Å². The number of nitrogens with one attached hydrogen (secondary N) is 1. The summed E-state index contributed by atoms with van der Waals surface area (Å²) >= 11 is 0. The predicted molar refractivity (Wildman–Crippen MR) is 80.1 cm³/mol. The van der Waals surface area contributed by atoms with E-state index in [1.807, 2.05) is 19.9 Å². The van der Waals surface area contributed by atoms with Crippen LogP contribution in [0.4, 0.5) is 0 Å². The molecular formula is C16H23NO4. The number of methoxy groups -OCH3 is 1. The van der Waals surface area contributed by atoms with Crippen LogP contribution in [0.5, 0.6) is 0 Å². The third kappa shape index (κ3) is 4.56. The molecule has 1 aromatic rings. The van der Waals surface area contributed by atoms with Crippen molar-refractivity contribution in [3.05, 3.63) is 35.9 Å². The fourth-order valence-corrected chi connectivity index (χ4v) is 1.87. The minimum atomic E-state index is -1.25. The van der Waals surface area contributed by atoms with Gasteiger partial charge in [0.2, 0.25) is 5.91 Å². The second kappa shape index (κ2) is 6.72. The maximum Gasteiger partial charge on any atom is 0.314 e. The molecule has 0 fully saturated rings. The van der Waals surface area contributed by atoms with Gasteiger partial charge in [0.05, 0.1) is 11.0 Å². The van der Waals surface area contributed by atoms with Crippen molar-refractivity contribution in [2.24, 2.45) is 0 Å². The topological polar surface area (TPSA) is 75.6 Å². The Balaban J connectivity index is 2.81. The molecule has 1 aromatic carbocycles. The van der Waals surface area contributed by atoms with Gasteiger partial charge in [-0.2, -0.15) is 0 Å². The van der Waals surface area contributed by atoms with E-state index in [0.717, 1.165) is 0 Å². The minimum absolute atomic E-state index is 0.119. The molecule has 116 valence electrons. The van der Waals surface area contributed by atoms with Gasteiger partial charge < -0.3 is 15.2 Å². The lowest BCUT2D eigenvalue weighted by atomic mass is 9.79. The molecule has 21 heavy (non-hydrogen) atoms. The van der Waals surface area contributed by atoms with E-state index < -0.39 is 17.0 Å². The molecule has 0 aliphatic rings. The Morgan fingerprint density at radius 2 is 1.76 bits per heavy atom. The molecule has 0 aliphatic carbocycles. The summed E-state index contributed by atoms with van der Waals surface area (Å²) in [5, 5.41) is 12.2. The summed E-state index contributed by atoms with van der Waals surface area (Å²) in [6.45, 7) is 5.58. The summed E-state index contributed by atoms with van der Waals surface area (Å²) in [5.41, 5.74) is -1.12. The lowest BCUT2D eigenvalue weighted by molar-refractivity contribution is -0.145. The van der Waals surface area contributed by atoms with Crippen LogP contribution in [0.3, 0.4) is 0 Å². The second-order valence-electron chi connectivity index (χ2n) is 5.92. The lowest BCUT2D eigenvalue weighted by Crippen LogP contribution is -2.43. The average Bonchev–Trinajstić information content (AvgIpc) is 2.46. The largest absolute Gasteiger partial charge is 0.481 e. The zero-order chi connectivity index (χ0) is 16.1. The van der Waals surface area contributed by atoms with Crippen LogP contribution in [-0.4, -0.2) is 36.2 Å². The van der Waals surface area contributed by atoms with E-state index in [9.17, 15) is 14.7 Å². The smallest absolute Gasteiger partial charge is 0.314 e. The Hall–Kier alpha value is -1.88. The van der Waals surface area contributed by atoms with Crippen LogP contribution in [0.2, 0.25) is 0 Å². The van der Waals surface area contributed by atoms with Crippen molar-refractivity contribution in [1.29, 1.82) is 0 Å².